The van der Waals surface area contributed by atoms with Gasteiger partial charge in [-0.05, 0) is 56.3 Å². The third kappa shape index (κ3) is 4.92. The van der Waals surface area contributed by atoms with Crippen LogP contribution >= 0.6 is 0 Å². The lowest BCUT2D eigenvalue weighted by atomic mass is 10.2. The number of piperazine rings is 1. The number of hydrogen-bond acceptors (Lipinski definition) is 8. The molecule has 10 heteroatoms. The van der Waals surface area contributed by atoms with Gasteiger partial charge in [-0.15, -0.1) is 0 Å². The second-order valence-corrected chi connectivity index (χ2v) is 8.55. The predicted molar refractivity (Wildman–Crippen MR) is 128 cm³/mol. The number of hydrogen-bond donors (Lipinski definition) is 0. The number of carbonyl (C=O) groups is 1. The molecule has 0 N–H and O–H groups in total. The first-order valence-corrected chi connectivity index (χ1v) is 11.5. The van der Waals surface area contributed by atoms with Crippen molar-refractivity contribution in [1.29, 1.82) is 0 Å². The summed E-state index contributed by atoms with van der Waals surface area (Å²) in [6.45, 7) is 7.17. The molecule has 0 spiro atoms. The molecule has 4 heterocycles. The molecular weight excluding hydrogens is 446 g/mol. The van der Waals surface area contributed by atoms with Gasteiger partial charge in [-0.3, -0.25) is 9.69 Å². The fraction of sp³-hybridized carbons (Fsp3) is 0.320. The molecule has 1 aliphatic heterocycles. The van der Waals surface area contributed by atoms with Gasteiger partial charge in [0.15, 0.2) is 5.82 Å². The first kappa shape index (κ1) is 22.7. The Kier molecular flexibility index (Phi) is 6.28. The van der Waals surface area contributed by atoms with E-state index in [9.17, 15) is 4.79 Å². The second kappa shape index (κ2) is 9.67. The fourth-order valence-corrected chi connectivity index (χ4v) is 4.16. The summed E-state index contributed by atoms with van der Waals surface area (Å²) in [7, 11) is 1.63. The molecule has 4 aromatic rings. The van der Waals surface area contributed by atoms with Gasteiger partial charge in [0.25, 0.3) is 5.91 Å². The van der Waals surface area contributed by atoms with Crippen molar-refractivity contribution in [3.05, 3.63) is 71.5 Å². The number of aryl methyl sites for hydroxylation is 2. The Morgan fingerprint density at radius 1 is 1.06 bits per heavy atom. The molecule has 10 nitrogen and oxygen atoms in total. The molecule has 1 aliphatic rings. The van der Waals surface area contributed by atoms with E-state index in [-0.39, 0.29) is 5.91 Å². The van der Waals surface area contributed by atoms with Gasteiger partial charge in [0.1, 0.15) is 5.75 Å². The van der Waals surface area contributed by atoms with Crippen molar-refractivity contribution in [3.63, 3.8) is 0 Å². The topological polar surface area (TPSA) is 102 Å². The minimum absolute atomic E-state index is 0.0170. The minimum Gasteiger partial charge on any atom is -0.497 e. The average molecular weight is 474 g/mol. The first-order valence-electron chi connectivity index (χ1n) is 11.5. The number of rotatable bonds is 6. The van der Waals surface area contributed by atoms with Gasteiger partial charge < -0.3 is 14.2 Å². The number of ether oxygens (including phenoxy) is 1. The molecule has 35 heavy (non-hydrogen) atoms. The Bertz CT molecular complexity index is 1300. The molecule has 1 aromatic carbocycles. The van der Waals surface area contributed by atoms with E-state index in [1.165, 1.54) is 0 Å². The van der Waals surface area contributed by atoms with Crippen LogP contribution in [0.25, 0.3) is 17.2 Å². The molecule has 1 fully saturated rings. The lowest BCUT2D eigenvalue weighted by Crippen LogP contribution is -2.48. The number of nitrogens with zero attached hydrogens (tertiary/aromatic N) is 7. The molecule has 0 saturated carbocycles. The molecule has 5 rings (SSSR count). The van der Waals surface area contributed by atoms with E-state index in [0.29, 0.717) is 42.7 Å². The maximum Gasteiger partial charge on any atom is 0.255 e. The highest BCUT2D eigenvalue weighted by Crippen LogP contribution is 2.20. The smallest absolute Gasteiger partial charge is 0.255 e. The van der Waals surface area contributed by atoms with Crippen LogP contribution in [0, 0.1) is 13.8 Å². The summed E-state index contributed by atoms with van der Waals surface area (Å²) >= 11 is 0. The summed E-state index contributed by atoms with van der Waals surface area (Å²) in [5, 5.41) is 8.54. The van der Waals surface area contributed by atoms with Crippen LogP contribution in [0.1, 0.15) is 27.6 Å². The number of methoxy groups -OCH3 is 1. The lowest BCUT2D eigenvalue weighted by molar-refractivity contribution is 0.0614. The molecule has 1 amide bonds. The lowest BCUT2D eigenvalue weighted by Gasteiger charge is -2.33. The summed E-state index contributed by atoms with van der Waals surface area (Å²) in [6.07, 6.45) is 1.62. The molecular formula is C25H27N7O3. The highest BCUT2D eigenvalue weighted by molar-refractivity contribution is 5.94. The summed E-state index contributed by atoms with van der Waals surface area (Å²) < 4.78 is 12.4. The first-order chi connectivity index (χ1) is 17.0. The maximum absolute atomic E-state index is 13.0. The fourth-order valence-electron chi connectivity index (χ4n) is 4.16. The van der Waals surface area contributed by atoms with E-state index < -0.39 is 0 Å². The van der Waals surface area contributed by atoms with Crippen LogP contribution in [0.3, 0.4) is 0 Å². The molecule has 0 radical (unpaired) electrons. The molecule has 0 atom stereocenters. The average Bonchev–Trinajstić information content (AvgIpc) is 3.49. The highest BCUT2D eigenvalue weighted by atomic mass is 16.5. The number of benzene rings is 1. The summed E-state index contributed by atoms with van der Waals surface area (Å²) in [4.78, 5) is 26.0. The van der Waals surface area contributed by atoms with Crippen molar-refractivity contribution in [1.82, 2.24) is 34.7 Å². The second-order valence-electron chi connectivity index (χ2n) is 8.55. The van der Waals surface area contributed by atoms with Crippen molar-refractivity contribution in [3.8, 4) is 23.0 Å². The Morgan fingerprint density at radius 3 is 2.46 bits per heavy atom. The zero-order valence-electron chi connectivity index (χ0n) is 20.0. The van der Waals surface area contributed by atoms with E-state index in [1.54, 1.807) is 18.0 Å². The van der Waals surface area contributed by atoms with Crippen LogP contribution in [-0.2, 0) is 6.54 Å². The van der Waals surface area contributed by atoms with Gasteiger partial charge >= 0.3 is 0 Å². The van der Waals surface area contributed by atoms with E-state index in [2.05, 4.69) is 25.1 Å². The Morgan fingerprint density at radius 2 is 1.83 bits per heavy atom. The van der Waals surface area contributed by atoms with Gasteiger partial charge in [0, 0.05) is 43.6 Å². The number of aromatic nitrogens is 5. The van der Waals surface area contributed by atoms with Gasteiger partial charge in [-0.1, -0.05) is 5.16 Å². The predicted octanol–water partition coefficient (Wildman–Crippen LogP) is 2.90. The van der Waals surface area contributed by atoms with Gasteiger partial charge in [0.05, 0.1) is 24.9 Å². The number of carbonyl (C=O) groups excluding carboxylic acids is 1. The van der Waals surface area contributed by atoms with Crippen LogP contribution in [-0.4, -0.2) is 73.9 Å². The van der Waals surface area contributed by atoms with Crippen molar-refractivity contribution >= 4 is 5.91 Å². The third-order valence-corrected chi connectivity index (χ3v) is 6.06. The maximum atomic E-state index is 13.0. The molecule has 1 saturated heterocycles. The minimum atomic E-state index is -0.0170. The van der Waals surface area contributed by atoms with E-state index in [0.717, 1.165) is 35.8 Å². The molecule has 3 aromatic heterocycles. The Labute approximate surface area is 203 Å². The van der Waals surface area contributed by atoms with Crippen LogP contribution < -0.4 is 4.74 Å². The molecule has 0 unspecified atom stereocenters. The quantitative estimate of drug-likeness (QED) is 0.421. The van der Waals surface area contributed by atoms with Crippen LogP contribution in [0.2, 0.25) is 0 Å². The molecule has 180 valence electrons. The van der Waals surface area contributed by atoms with Gasteiger partial charge in [-0.25, -0.2) is 9.67 Å². The van der Waals surface area contributed by atoms with E-state index in [4.69, 9.17) is 9.26 Å². The Balaban J connectivity index is 1.16. The summed E-state index contributed by atoms with van der Waals surface area (Å²) in [5.41, 5.74) is 3.38. The standard InChI is InChI=1S/C25H27N7O3/c1-17-14-18(2)32(28-17)22-9-6-20(15-26-22)25(33)31-12-10-30(11-13-31)16-23-27-24(29-35-23)19-4-7-21(34-3)8-5-19/h4-9,14-15H,10-13,16H2,1-3H3. The zero-order chi connectivity index (χ0) is 24.4. The number of amides is 1. The monoisotopic (exact) mass is 473 g/mol. The van der Waals surface area contributed by atoms with Crippen molar-refractivity contribution < 1.29 is 14.1 Å². The largest absolute Gasteiger partial charge is 0.497 e. The van der Waals surface area contributed by atoms with Crippen LogP contribution in [0.5, 0.6) is 5.75 Å². The van der Waals surface area contributed by atoms with Crippen molar-refractivity contribution in [2.24, 2.45) is 0 Å². The molecule has 0 bridgehead atoms. The SMILES string of the molecule is COc1ccc(-c2noc(CN3CCN(C(=O)c4ccc(-n5nc(C)cc5C)nc4)CC3)n2)cc1. The third-order valence-electron chi connectivity index (χ3n) is 6.06. The number of pyridine rings is 1. The molecule has 0 aliphatic carbocycles. The van der Waals surface area contributed by atoms with Crippen LogP contribution in [0.4, 0.5) is 0 Å². The van der Waals surface area contributed by atoms with Gasteiger partial charge in [0.2, 0.25) is 11.7 Å². The highest BCUT2D eigenvalue weighted by Gasteiger charge is 2.24. The van der Waals surface area contributed by atoms with E-state index >= 15 is 0 Å². The summed E-state index contributed by atoms with van der Waals surface area (Å²) in [6, 6.07) is 13.2. The normalized spacial score (nSPS) is 14.3. The van der Waals surface area contributed by atoms with Crippen molar-refractivity contribution in [2.45, 2.75) is 20.4 Å². The Hall–Kier alpha value is -4.05. The zero-order valence-corrected chi connectivity index (χ0v) is 20.0. The van der Waals surface area contributed by atoms with Gasteiger partial charge in [-0.2, -0.15) is 10.1 Å². The van der Waals surface area contributed by atoms with Crippen LogP contribution in [0.15, 0.2) is 53.2 Å². The van der Waals surface area contributed by atoms with E-state index in [1.807, 2.05) is 61.2 Å². The van der Waals surface area contributed by atoms with Crippen molar-refractivity contribution in [2.75, 3.05) is 33.3 Å². The summed E-state index contributed by atoms with van der Waals surface area (Å²) in [5.74, 6) is 2.56.